The number of halogens is 2. The topological polar surface area (TPSA) is 39.2 Å². The lowest BCUT2D eigenvalue weighted by Crippen LogP contribution is -2.05. The van der Waals surface area contributed by atoms with E-state index >= 15 is 0 Å². The van der Waals surface area contributed by atoms with Crippen molar-refractivity contribution in [3.63, 3.8) is 0 Å². The molecule has 0 fully saturated rings. The van der Waals surface area contributed by atoms with E-state index in [4.69, 9.17) is 4.74 Å². The summed E-state index contributed by atoms with van der Waals surface area (Å²) in [5.41, 5.74) is 1.39. The summed E-state index contributed by atoms with van der Waals surface area (Å²) in [4.78, 5) is 16.2. The minimum Gasteiger partial charge on any atom is -0.496 e. The van der Waals surface area contributed by atoms with Crippen molar-refractivity contribution < 1.29 is 9.53 Å². The van der Waals surface area contributed by atoms with Gasteiger partial charge < -0.3 is 4.74 Å². The van der Waals surface area contributed by atoms with Gasteiger partial charge in [0.25, 0.3) is 0 Å². The maximum atomic E-state index is 12.1. The van der Waals surface area contributed by atoms with Crippen molar-refractivity contribution in [1.29, 1.82) is 0 Å². The molecule has 0 saturated carbocycles. The Labute approximate surface area is 128 Å². The molecule has 98 valence electrons. The van der Waals surface area contributed by atoms with Crippen LogP contribution >= 0.6 is 31.9 Å². The van der Waals surface area contributed by atoms with Gasteiger partial charge in [-0.2, -0.15) is 0 Å². The van der Waals surface area contributed by atoms with Gasteiger partial charge in [-0.15, -0.1) is 0 Å². The van der Waals surface area contributed by atoms with E-state index in [0.29, 0.717) is 12.1 Å². The fraction of sp³-hybridized carbons (Fsp3) is 0.143. The summed E-state index contributed by atoms with van der Waals surface area (Å²) in [5, 5.41) is 0. The lowest BCUT2D eigenvalue weighted by molar-refractivity contribution is 0.0988. The number of ketones is 1. The number of carbonyl (C=O) groups excluding carboxylic acids is 1. The highest BCUT2D eigenvalue weighted by molar-refractivity contribution is 9.10. The predicted octanol–water partition coefficient (Wildman–Crippen LogP) is 4.04. The van der Waals surface area contributed by atoms with Crippen molar-refractivity contribution in [1.82, 2.24) is 4.98 Å². The standard InChI is InChI=1S/C14H11Br2NO2/c1-19-14-5-2-9(6-11(14)16)7-13(18)12-4-3-10(15)8-17-12/h2-6,8H,7H2,1H3. The zero-order valence-electron chi connectivity index (χ0n) is 10.2. The van der Waals surface area contributed by atoms with Crippen LogP contribution in [-0.4, -0.2) is 17.9 Å². The number of ether oxygens (including phenoxy) is 1. The molecule has 0 saturated heterocycles. The third-order valence-corrected chi connectivity index (χ3v) is 3.68. The maximum absolute atomic E-state index is 12.1. The fourth-order valence-electron chi connectivity index (χ4n) is 1.64. The molecule has 2 rings (SSSR count). The third-order valence-electron chi connectivity index (χ3n) is 2.59. The molecule has 0 aliphatic rings. The van der Waals surface area contributed by atoms with E-state index in [2.05, 4.69) is 36.8 Å². The van der Waals surface area contributed by atoms with Gasteiger partial charge in [-0.1, -0.05) is 6.07 Å². The van der Waals surface area contributed by atoms with E-state index in [0.717, 1.165) is 20.3 Å². The average Bonchev–Trinajstić information content (AvgIpc) is 2.39. The molecule has 0 radical (unpaired) electrons. The van der Waals surface area contributed by atoms with Crippen molar-refractivity contribution in [3.8, 4) is 5.75 Å². The predicted molar refractivity (Wildman–Crippen MR) is 80.7 cm³/mol. The molecule has 1 heterocycles. The van der Waals surface area contributed by atoms with Crippen molar-refractivity contribution >= 4 is 37.6 Å². The minimum atomic E-state index is -0.00966. The first-order valence-electron chi connectivity index (χ1n) is 5.57. The third kappa shape index (κ3) is 3.64. The molecule has 0 aliphatic heterocycles. The molecule has 0 amide bonds. The van der Waals surface area contributed by atoms with Gasteiger partial charge in [0.15, 0.2) is 5.78 Å². The second-order valence-corrected chi connectivity index (χ2v) is 5.70. The van der Waals surface area contributed by atoms with Crippen LogP contribution in [0.5, 0.6) is 5.75 Å². The quantitative estimate of drug-likeness (QED) is 0.746. The van der Waals surface area contributed by atoms with Crippen molar-refractivity contribution in [2.24, 2.45) is 0 Å². The van der Waals surface area contributed by atoms with E-state index in [1.807, 2.05) is 24.3 Å². The highest BCUT2D eigenvalue weighted by Crippen LogP contribution is 2.26. The van der Waals surface area contributed by atoms with Crippen molar-refractivity contribution in [3.05, 3.63) is 56.7 Å². The molecule has 0 spiro atoms. The molecule has 0 atom stereocenters. The van der Waals surface area contributed by atoms with E-state index < -0.39 is 0 Å². The second-order valence-electron chi connectivity index (χ2n) is 3.93. The number of carbonyl (C=O) groups is 1. The van der Waals surface area contributed by atoms with Crippen molar-refractivity contribution in [2.45, 2.75) is 6.42 Å². The summed E-state index contributed by atoms with van der Waals surface area (Å²) < 4.78 is 6.85. The highest BCUT2D eigenvalue weighted by atomic mass is 79.9. The number of methoxy groups -OCH3 is 1. The smallest absolute Gasteiger partial charge is 0.185 e. The van der Waals surface area contributed by atoms with Gasteiger partial charge in [0.1, 0.15) is 11.4 Å². The Balaban J connectivity index is 2.14. The Hall–Kier alpha value is -1.20. The van der Waals surface area contributed by atoms with Crippen LogP contribution in [0.1, 0.15) is 16.1 Å². The van der Waals surface area contributed by atoms with Gasteiger partial charge in [-0.25, -0.2) is 0 Å². The van der Waals surface area contributed by atoms with Gasteiger partial charge in [0, 0.05) is 17.1 Å². The molecular formula is C14H11Br2NO2. The van der Waals surface area contributed by atoms with Gasteiger partial charge in [0.05, 0.1) is 11.6 Å². The van der Waals surface area contributed by atoms with E-state index in [1.165, 1.54) is 0 Å². The summed E-state index contributed by atoms with van der Waals surface area (Å²) in [7, 11) is 1.61. The summed E-state index contributed by atoms with van der Waals surface area (Å²) >= 11 is 6.70. The number of pyridine rings is 1. The molecule has 1 aromatic heterocycles. The average molecular weight is 385 g/mol. The molecule has 19 heavy (non-hydrogen) atoms. The molecule has 0 unspecified atom stereocenters. The van der Waals surface area contributed by atoms with Gasteiger partial charge >= 0.3 is 0 Å². The lowest BCUT2D eigenvalue weighted by atomic mass is 10.1. The van der Waals surface area contributed by atoms with Crippen molar-refractivity contribution in [2.75, 3.05) is 7.11 Å². The molecule has 5 heteroatoms. The number of hydrogen-bond donors (Lipinski definition) is 0. The van der Waals surface area contributed by atoms with E-state index in [9.17, 15) is 4.79 Å². The number of benzene rings is 1. The SMILES string of the molecule is COc1ccc(CC(=O)c2ccc(Br)cn2)cc1Br. The molecule has 0 bridgehead atoms. The molecule has 2 aromatic rings. The summed E-state index contributed by atoms with van der Waals surface area (Å²) in [5.74, 6) is 0.738. The Morgan fingerprint density at radius 3 is 2.63 bits per heavy atom. The Kier molecular flexibility index (Phi) is 4.71. The second kappa shape index (κ2) is 6.30. The first-order valence-corrected chi connectivity index (χ1v) is 7.16. The normalized spacial score (nSPS) is 10.3. The van der Waals surface area contributed by atoms with Crippen LogP contribution in [0.25, 0.3) is 0 Å². The van der Waals surface area contributed by atoms with Crippen LogP contribution < -0.4 is 4.74 Å². The Morgan fingerprint density at radius 1 is 1.26 bits per heavy atom. The van der Waals surface area contributed by atoms with Crippen LogP contribution in [0.2, 0.25) is 0 Å². The molecule has 1 aromatic carbocycles. The van der Waals surface area contributed by atoms with Crippen LogP contribution in [0.15, 0.2) is 45.5 Å². The number of nitrogens with zero attached hydrogens (tertiary/aromatic N) is 1. The highest BCUT2D eigenvalue weighted by Gasteiger charge is 2.10. The maximum Gasteiger partial charge on any atom is 0.185 e. The monoisotopic (exact) mass is 383 g/mol. The first kappa shape index (κ1) is 14.2. The largest absolute Gasteiger partial charge is 0.496 e. The van der Waals surface area contributed by atoms with Crippen LogP contribution in [0.3, 0.4) is 0 Å². The number of Topliss-reactive ketones (excluding diaryl/α,β-unsaturated/α-hetero) is 1. The Morgan fingerprint density at radius 2 is 2.05 bits per heavy atom. The Bertz CT molecular complexity index is 597. The van der Waals surface area contributed by atoms with E-state index in [-0.39, 0.29) is 5.78 Å². The van der Waals surface area contributed by atoms with Crippen LogP contribution in [-0.2, 0) is 6.42 Å². The molecule has 3 nitrogen and oxygen atoms in total. The van der Waals surface area contributed by atoms with Gasteiger partial charge in [0.2, 0.25) is 0 Å². The number of rotatable bonds is 4. The van der Waals surface area contributed by atoms with Crippen LogP contribution in [0, 0.1) is 0 Å². The van der Waals surface area contributed by atoms with Crippen LogP contribution in [0.4, 0.5) is 0 Å². The lowest BCUT2D eigenvalue weighted by Gasteiger charge is -2.06. The molecular weight excluding hydrogens is 374 g/mol. The summed E-state index contributed by atoms with van der Waals surface area (Å²) in [6, 6.07) is 9.12. The van der Waals surface area contributed by atoms with Gasteiger partial charge in [-0.05, 0) is 61.7 Å². The minimum absolute atomic E-state index is 0.00966. The first-order chi connectivity index (χ1) is 9.10. The van der Waals surface area contributed by atoms with Gasteiger partial charge in [-0.3, -0.25) is 9.78 Å². The molecule has 0 aliphatic carbocycles. The molecule has 0 N–H and O–H groups in total. The summed E-state index contributed by atoms with van der Waals surface area (Å²) in [6.07, 6.45) is 1.94. The zero-order chi connectivity index (χ0) is 13.8. The zero-order valence-corrected chi connectivity index (χ0v) is 13.4. The number of hydrogen-bond acceptors (Lipinski definition) is 3. The number of aromatic nitrogens is 1. The summed E-state index contributed by atoms with van der Waals surface area (Å²) in [6.45, 7) is 0. The van der Waals surface area contributed by atoms with E-state index in [1.54, 1.807) is 19.4 Å². The fourth-order valence-corrected chi connectivity index (χ4v) is 2.46.